The lowest BCUT2D eigenvalue weighted by Gasteiger charge is -2.01. The molecular formula is C14H20OS. The number of rotatable bonds is 7. The molecule has 2 heteroatoms. The second-order valence-corrected chi connectivity index (χ2v) is 4.57. The molecule has 88 valence electrons. The standard InChI is InChI=1S/C14H20OS/c1-3-4-5-6-11-16-12-13-7-9-14(15-2)10-8-13/h6-11H,3-5,12H2,1-2H3/b11-6+. The molecule has 0 aliphatic heterocycles. The molecule has 0 aromatic heterocycles. The molecule has 1 rings (SSSR count). The van der Waals surface area contributed by atoms with Crippen LogP contribution < -0.4 is 4.74 Å². The molecule has 0 spiro atoms. The van der Waals surface area contributed by atoms with E-state index in [0.29, 0.717) is 0 Å². The van der Waals surface area contributed by atoms with Gasteiger partial charge in [-0.1, -0.05) is 38.0 Å². The molecule has 0 heterocycles. The lowest BCUT2D eigenvalue weighted by atomic mass is 10.2. The van der Waals surface area contributed by atoms with Crippen molar-refractivity contribution in [3.05, 3.63) is 41.3 Å². The number of thioether (sulfide) groups is 1. The van der Waals surface area contributed by atoms with E-state index in [1.807, 2.05) is 23.9 Å². The summed E-state index contributed by atoms with van der Waals surface area (Å²) in [6.07, 6.45) is 6.02. The van der Waals surface area contributed by atoms with E-state index in [9.17, 15) is 0 Å². The Morgan fingerprint density at radius 2 is 2.00 bits per heavy atom. The zero-order valence-electron chi connectivity index (χ0n) is 10.1. The third-order valence-electron chi connectivity index (χ3n) is 2.33. The molecule has 0 radical (unpaired) electrons. The van der Waals surface area contributed by atoms with Crippen LogP contribution in [0.1, 0.15) is 31.7 Å². The fraction of sp³-hybridized carbons (Fsp3) is 0.429. The smallest absolute Gasteiger partial charge is 0.118 e. The van der Waals surface area contributed by atoms with Gasteiger partial charge in [-0.15, -0.1) is 11.8 Å². The lowest BCUT2D eigenvalue weighted by molar-refractivity contribution is 0.414. The maximum Gasteiger partial charge on any atom is 0.118 e. The second-order valence-electron chi connectivity index (χ2n) is 3.67. The first-order chi connectivity index (χ1) is 7.86. The Balaban J connectivity index is 2.23. The van der Waals surface area contributed by atoms with Gasteiger partial charge >= 0.3 is 0 Å². The highest BCUT2D eigenvalue weighted by atomic mass is 32.2. The number of benzene rings is 1. The highest BCUT2D eigenvalue weighted by Gasteiger charge is 1.93. The largest absolute Gasteiger partial charge is 0.497 e. The van der Waals surface area contributed by atoms with Crippen molar-refractivity contribution >= 4 is 11.8 Å². The number of hydrogen-bond acceptors (Lipinski definition) is 2. The van der Waals surface area contributed by atoms with Crippen LogP contribution in [0.15, 0.2) is 35.7 Å². The fourth-order valence-electron chi connectivity index (χ4n) is 1.32. The van der Waals surface area contributed by atoms with Crippen LogP contribution in [0.25, 0.3) is 0 Å². The van der Waals surface area contributed by atoms with Crippen molar-refractivity contribution in [3.8, 4) is 5.75 Å². The minimum absolute atomic E-state index is 0.923. The van der Waals surface area contributed by atoms with Gasteiger partial charge in [-0.3, -0.25) is 0 Å². The van der Waals surface area contributed by atoms with Gasteiger partial charge in [0.1, 0.15) is 5.75 Å². The van der Waals surface area contributed by atoms with Crippen molar-refractivity contribution in [1.29, 1.82) is 0 Å². The molecule has 16 heavy (non-hydrogen) atoms. The number of hydrogen-bond donors (Lipinski definition) is 0. The Hall–Kier alpha value is -0.890. The van der Waals surface area contributed by atoms with Gasteiger partial charge in [0.05, 0.1) is 7.11 Å². The lowest BCUT2D eigenvalue weighted by Crippen LogP contribution is -1.83. The molecule has 0 unspecified atom stereocenters. The van der Waals surface area contributed by atoms with Crippen molar-refractivity contribution in [2.75, 3.05) is 7.11 Å². The number of methoxy groups -OCH3 is 1. The van der Waals surface area contributed by atoms with Crippen LogP contribution in [0.3, 0.4) is 0 Å². The van der Waals surface area contributed by atoms with Gasteiger partial charge in [0, 0.05) is 5.75 Å². The molecule has 0 aliphatic carbocycles. The van der Waals surface area contributed by atoms with Crippen LogP contribution in [0.4, 0.5) is 0 Å². The first kappa shape index (κ1) is 13.2. The topological polar surface area (TPSA) is 9.23 Å². The fourth-order valence-corrected chi connectivity index (χ4v) is 2.08. The van der Waals surface area contributed by atoms with Gasteiger partial charge in [-0.25, -0.2) is 0 Å². The summed E-state index contributed by atoms with van der Waals surface area (Å²) in [6.45, 7) is 2.22. The first-order valence-electron chi connectivity index (χ1n) is 5.76. The molecule has 0 saturated heterocycles. The Bertz CT molecular complexity index is 303. The molecule has 1 aromatic rings. The number of ether oxygens (including phenoxy) is 1. The van der Waals surface area contributed by atoms with E-state index in [4.69, 9.17) is 4.74 Å². The summed E-state index contributed by atoms with van der Waals surface area (Å²) in [4.78, 5) is 0. The SMILES string of the molecule is CCCC/C=C/SCc1ccc(OC)cc1. The number of unbranched alkanes of at least 4 members (excludes halogenated alkanes) is 2. The van der Waals surface area contributed by atoms with Crippen LogP contribution in [-0.4, -0.2) is 7.11 Å². The second kappa shape index (κ2) is 8.28. The van der Waals surface area contributed by atoms with Crippen LogP contribution in [-0.2, 0) is 5.75 Å². The summed E-state index contributed by atoms with van der Waals surface area (Å²) in [5, 5.41) is 2.21. The van der Waals surface area contributed by atoms with Crippen molar-refractivity contribution in [3.63, 3.8) is 0 Å². The Kier molecular flexibility index (Phi) is 6.82. The van der Waals surface area contributed by atoms with Crippen molar-refractivity contribution in [2.24, 2.45) is 0 Å². The van der Waals surface area contributed by atoms with E-state index in [-0.39, 0.29) is 0 Å². The Labute approximate surface area is 103 Å². The zero-order chi connectivity index (χ0) is 11.6. The molecule has 1 aromatic carbocycles. The van der Waals surface area contributed by atoms with E-state index >= 15 is 0 Å². The van der Waals surface area contributed by atoms with Gasteiger partial charge < -0.3 is 4.74 Å². The summed E-state index contributed by atoms with van der Waals surface area (Å²) >= 11 is 1.85. The average molecular weight is 236 g/mol. The predicted molar refractivity (Wildman–Crippen MR) is 73.0 cm³/mol. The van der Waals surface area contributed by atoms with E-state index in [0.717, 1.165) is 11.5 Å². The van der Waals surface area contributed by atoms with E-state index in [1.165, 1.54) is 24.8 Å². The maximum absolute atomic E-state index is 5.12. The van der Waals surface area contributed by atoms with E-state index in [2.05, 4.69) is 30.5 Å². The van der Waals surface area contributed by atoms with E-state index < -0.39 is 0 Å². The van der Waals surface area contributed by atoms with Crippen molar-refractivity contribution in [1.82, 2.24) is 0 Å². The molecule has 0 aliphatic rings. The molecule has 0 atom stereocenters. The van der Waals surface area contributed by atoms with Crippen LogP contribution in [0.2, 0.25) is 0 Å². The van der Waals surface area contributed by atoms with Crippen molar-refractivity contribution < 1.29 is 4.74 Å². The number of allylic oxidation sites excluding steroid dienone is 1. The quantitative estimate of drug-likeness (QED) is 0.638. The minimum atomic E-state index is 0.923. The molecule has 1 nitrogen and oxygen atoms in total. The average Bonchev–Trinajstić information content (AvgIpc) is 2.34. The molecule has 0 N–H and O–H groups in total. The third kappa shape index (κ3) is 5.26. The van der Waals surface area contributed by atoms with Gasteiger partial charge in [-0.2, -0.15) is 0 Å². The monoisotopic (exact) mass is 236 g/mol. The summed E-state index contributed by atoms with van der Waals surface area (Å²) in [5.41, 5.74) is 1.34. The zero-order valence-corrected chi connectivity index (χ0v) is 10.9. The summed E-state index contributed by atoms with van der Waals surface area (Å²) < 4.78 is 5.12. The maximum atomic E-state index is 5.12. The highest BCUT2D eigenvalue weighted by molar-refractivity contribution is 8.01. The Morgan fingerprint density at radius 1 is 1.25 bits per heavy atom. The van der Waals surface area contributed by atoms with Gasteiger partial charge in [0.25, 0.3) is 0 Å². The van der Waals surface area contributed by atoms with Gasteiger partial charge in [-0.05, 0) is 29.5 Å². The molecule has 0 bridgehead atoms. The van der Waals surface area contributed by atoms with Crippen molar-refractivity contribution in [2.45, 2.75) is 31.9 Å². The summed E-state index contributed by atoms with van der Waals surface area (Å²) in [6, 6.07) is 8.25. The van der Waals surface area contributed by atoms with Crippen LogP contribution in [0.5, 0.6) is 5.75 Å². The van der Waals surface area contributed by atoms with Crippen LogP contribution in [0, 0.1) is 0 Å². The van der Waals surface area contributed by atoms with E-state index in [1.54, 1.807) is 7.11 Å². The molecule has 0 amide bonds. The highest BCUT2D eigenvalue weighted by Crippen LogP contribution is 2.17. The first-order valence-corrected chi connectivity index (χ1v) is 6.81. The van der Waals surface area contributed by atoms with Crippen LogP contribution >= 0.6 is 11.8 Å². The third-order valence-corrected chi connectivity index (χ3v) is 3.21. The summed E-state index contributed by atoms with van der Waals surface area (Å²) in [7, 11) is 1.69. The minimum Gasteiger partial charge on any atom is -0.497 e. The normalized spacial score (nSPS) is 10.9. The molecule has 0 fully saturated rings. The Morgan fingerprint density at radius 3 is 2.62 bits per heavy atom. The summed E-state index contributed by atoms with van der Waals surface area (Å²) in [5.74, 6) is 1.96. The molecular weight excluding hydrogens is 216 g/mol. The molecule has 0 saturated carbocycles. The predicted octanol–water partition coefficient (Wildman–Crippen LogP) is 4.63. The van der Waals surface area contributed by atoms with Gasteiger partial charge in [0.2, 0.25) is 0 Å². The van der Waals surface area contributed by atoms with Gasteiger partial charge in [0.15, 0.2) is 0 Å².